The summed E-state index contributed by atoms with van der Waals surface area (Å²) in [6.45, 7) is 0.508. The van der Waals surface area contributed by atoms with E-state index in [2.05, 4.69) is 15.9 Å². The summed E-state index contributed by atoms with van der Waals surface area (Å²) in [5.41, 5.74) is 4.09. The Morgan fingerprint density at radius 2 is 0.934 bits per heavy atom. The largest absolute Gasteiger partial charge is 0.416 e. The maximum atomic E-state index is 13.1. The van der Waals surface area contributed by atoms with Crippen molar-refractivity contribution in [2.24, 2.45) is 0 Å². The number of nitrogens with zero attached hydrogens (tertiary/aromatic N) is 3. The van der Waals surface area contributed by atoms with Crippen LogP contribution >= 0.6 is 39.1 Å². The van der Waals surface area contributed by atoms with Crippen molar-refractivity contribution >= 4 is 70.6 Å². The van der Waals surface area contributed by atoms with Crippen LogP contribution in [-0.4, -0.2) is 29.9 Å². The van der Waals surface area contributed by atoms with Crippen LogP contribution in [0.5, 0.6) is 0 Å². The van der Waals surface area contributed by atoms with E-state index in [1.54, 1.807) is 36.4 Å². The number of hydrogen-bond donors (Lipinski definition) is 0. The third-order valence-corrected chi connectivity index (χ3v) is 15.2. The molecule has 0 saturated heterocycles. The molecule has 0 radical (unpaired) electrons. The van der Waals surface area contributed by atoms with Gasteiger partial charge in [-0.1, -0.05) is 59.6 Å². The highest BCUT2D eigenvalue weighted by atomic mass is 79.9. The van der Waals surface area contributed by atoms with Crippen LogP contribution in [0.25, 0.3) is 22.3 Å². The van der Waals surface area contributed by atoms with Crippen molar-refractivity contribution in [3.8, 4) is 28.3 Å². The Balaban J connectivity index is 0.000000184. The fourth-order valence-electron chi connectivity index (χ4n) is 6.94. The molecule has 0 bridgehead atoms. The lowest BCUT2D eigenvalue weighted by Gasteiger charge is -2.20. The fraction of sp³-hybridized carbons (Fsp3) is 0.140. The number of halogens is 9. The Bertz CT molecular complexity index is 2940. The van der Waals surface area contributed by atoms with Crippen LogP contribution in [0.15, 0.2) is 136 Å². The Morgan fingerprint density at radius 3 is 1.31 bits per heavy atom. The van der Waals surface area contributed by atoms with Crippen LogP contribution in [0, 0.1) is 11.3 Å². The molecule has 2 aliphatic heterocycles. The van der Waals surface area contributed by atoms with Gasteiger partial charge in [-0.25, -0.2) is 16.8 Å². The predicted molar refractivity (Wildman–Crippen MR) is 226 cm³/mol. The molecular weight excluding hydrogens is 951 g/mol. The monoisotopic (exact) mass is 977 g/mol. The molecule has 2 heterocycles. The van der Waals surface area contributed by atoms with Gasteiger partial charge in [0.15, 0.2) is 0 Å². The smallest absolute Gasteiger partial charge is 0.266 e. The summed E-state index contributed by atoms with van der Waals surface area (Å²) in [7, 11) is -7.67. The molecule has 2 aliphatic rings. The maximum Gasteiger partial charge on any atom is 0.416 e. The first kappa shape index (κ1) is 44.0. The summed E-state index contributed by atoms with van der Waals surface area (Å²) >= 11 is 15.3. The summed E-state index contributed by atoms with van der Waals surface area (Å²) in [6, 6.07) is 30.4. The van der Waals surface area contributed by atoms with Crippen molar-refractivity contribution in [2.45, 2.75) is 35.0 Å². The second kappa shape index (κ2) is 16.7. The first-order valence-electron chi connectivity index (χ1n) is 18.0. The lowest BCUT2D eigenvalue weighted by Crippen LogP contribution is -2.29. The molecule has 61 heavy (non-hydrogen) atoms. The predicted octanol–water partition coefficient (Wildman–Crippen LogP) is 12.2. The topological polar surface area (TPSA) is 98.5 Å². The zero-order valence-corrected chi connectivity index (χ0v) is 35.8. The molecule has 0 unspecified atom stereocenters. The molecule has 0 spiro atoms. The minimum Gasteiger partial charge on any atom is -0.266 e. The third kappa shape index (κ3) is 8.98. The van der Waals surface area contributed by atoms with Crippen molar-refractivity contribution < 1.29 is 43.2 Å². The molecule has 8 rings (SSSR count). The third-order valence-electron chi connectivity index (χ3n) is 10.1. The minimum atomic E-state index is -4.40. The molecule has 18 heteroatoms. The van der Waals surface area contributed by atoms with Gasteiger partial charge >= 0.3 is 12.4 Å². The van der Waals surface area contributed by atoms with Crippen LogP contribution in [-0.2, 0) is 45.2 Å². The summed E-state index contributed by atoms with van der Waals surface area (Å²) < 4.78 is 132. The summed E-state index contributed by atoms with van der Waals surface area (Å²) in [5, 5.41) is 9.33. The highest BCUT2D eigenvalue weighted by Gasteiger charge is 2.34. The molecule has 0 N–H and O–H groups in total. The first-order chi connectivity index (χ1) is 28.7. The van der Waals surface area contributed by atoms with Crippen molar-refractivity contribution in [3.05, 3.63) is 164 Å². The van der Waals surface area contributed by atoms with E-state index in [0.29, 0.717) is 50.4 Å². The van der Waals surface area contributed by atoms with Crippen LogP contribution in [0.1, 0.15) is 27.8 Å². The molecule has 0 aliphatic carbocycles. The van der Waals surface area contributed by atoms with E-state index in [1.165, 1.54) is 63.2 Å². The Labute approximate surface area is 365 Å². The average molecular weight is 980 g/mol. The number of alkyl halides is 6. The molecule has 6 aromatic carbocycles. The van der Waals surface area contributed by atoms with Crippen molar-refractivity contribution in [1.82, 2.24) is 0 Å². The SMILES string of the molecule is N#Cc1ccc(S(=O)(=O)N2CCc3cc(-c4ccc(C(F)(F)F)cc4)ccc32)cc1Cl.O=S(=O)(c1ccc(Br)c(Cl)c1)N1CCc2cc(-c3ccc(C(F)(F)F)cc3)ccc21. The van der Waals surface area contributed by atoms with Gasteiger partial charge in [-0.2, -0.15) is 31.6 Å². The van der Waals surface area contributed by atoms with Gasteiger partial charge in [0.25, 0.3) is 20.0 Å². The van der Waals surface area contributed by atoms with E-state index in [1.807, 2.05) is 12.1 Å². The van der Waals surface area contributed by atoms with E-state index >= 15 is 0 Å². The van der Waals surface area contributed by atoms with Crippen LogP contribution < -0.4 is 8.61 Å². The van der Waals surface area contributed by atoms with Gasteiger partial charge < -0.3 is 0 Å². The normalized spacial score (nSPS) is 13.9. The standard InChI is InChI=1S/C22H14ClF3N2O2S.C21H14BrClF3NO2S/c23-20-12-19(7-3-17(20)13-27)31(29,30)28-10-9-16-11-15(4-8-21(16)28)14-1-5-18(6-2-14)22(24,25)26;22-18-7-6-17(12-19(18)23)30(28,29)27-10-9-15-11-14(3-8-20(15)27)13-1-4-16(5-2-13)21(24,25)26/h1-8,11-12H,9-10H2;1-8,11-12H,9-10H2. The van der Waals surface area contributed by atoms with E-state index in [9.17, 15) is 43.2 Å². The van der Waals surface area contributed by atoms with Crippen molar-refractivity contribution in [1.29, 1.82) is 5.26 Å². The lowest BCUT2D eigenvalue weighted by molar-refractivity contribution is -0.138. The van der Waals surface area contributed by atoms with Crippen molar-refractivity contribution in [2.75, 3.05) is 21.7 Å². The van der Waals surface area contributed by atoms with Crippen LogP contribution in [0.4, 0.5) is 37.7 Å². The van der Waals surface area contributed by atoms with Crippen LogP contribution in [0.3, 0.4) is 0 Å². The Morgan fingerprint density at radius 1 is 0.541 bits per heavy atom. The highest BCUT2D eigenvalue weighted by molar-refractivity contribution is 9.10. The van der Waals surface area contributed by atoms with Gasteiger partial charge in [-0.05, 0) is 147 Å². The summed E-state index contributed by atoms with van der Waals surface area (Å²) in [4.78, 5) is 0.0755. The fourth-order valence-corrected chi connectivity index (χ4v) is 10.8. The zero-order valence-electron chi connectivity index (χ0n) is 31.1. The molecule has 7 nitrogen and oxygen atoms in total. The Kier molecular flexibility index (Phi) is 12.0. The maximum absolute atomic E-state index is 13.1. The second-order valence-corrected chi connectivity index (χ2v) is 19.2. The zero-order chi connectivity index (χ0) is 44.1. The molecular formula is C43H28BrCl2F6N3O4S2. The average Bonchev–Trinajstić information content (AvgIpc) is 3.86. The van der Waals surface area contributed by atoms with Gasteiger partial charge in [-0.15, -0.1) is 0 Å². The van der Waals surface area contributed by atoms with Gasteiger partial charge in [0.1, 0.15) is 6.07 Å². The first-order valence-corrected chi connectivity index (χ1v) is 22.4. The number of fused-ring (bicyclic) bond motifs is 2. The van der Waals surface area contributed by atoms with Gasteiger partial charge in [0.2, 0.25) is 0 Å². The number of sulfonamides is 2. The number of benzene rings is 6. The number of anilines is 2. The quantitative estimate of drug-likeness (QED) is 0.155. The molecule has 0 saturated carbocycles. The van der Waals surface area contributed by atoms with E-state index in [-0.39, 0.29) is 33.5 Å². The summed E-state index contributed by atoms with van der Waals surface area (Å²) in [5.74, 6) is 0. The Hall–Kier alpha value is -5.05. The van der Waals surface area contributed by atoms with Gasteiger partial charge in [0.05, 0.1) is 47.9 Å². The minimum absolute atomic E-state index is 0.0174. The van der Waals surface area contributed by atoms with E-state index in [4.69, 9.17) is 28.5 Å². The molecule has 0 atom stereocenters. The lowest BCUT2D eigenvalue weighted by atomic mass is 10.0. The number of nitriles is 1. The van der Waals surface area contributed by atoms with Crippen molar-refractivity contribution in [3.63, 3.8) is 0 Å². The molecule has 314 valence electrons. The van der Waals surface area contributed by atoms with Gasteiger partial charge in [-0.3, -0.25) is 8.61 Å². The van der Waals surface area contributed by atoms with E-state index < -0.39 is 43.5 Å². The second-order valence-electron chi connectivity index (χ2n) is 13.8. The molecule has 0 aromatic heterocycles. The van der Waals surface area contributed by atoms with E-state index in [0.717, 1.165) is 41.0 Å². The molecule has 0 fully saturated rings. The molecule has 6 aromatic rings. The van der Waals surface area contributed by atoms with Gasteiger partial charge in [0, 0.05) is 17.6 Å². The summed E-state index contributed by atoms with van der Waals surface area (Å²) in [6.07, 6.45) is -7.82. The molecule has 0 amide bonds. The number of rotatable bonds is 6. The van der Waals surface area contributed by atoms with Crippen LogP contribution in [0.2, 0.25) is 10.0 Å². The highest BCUT2D eigenvalue weighted by Crippen LogP contribution is 2.40. The number of hydrogen-bond acceptors (Lipinski definition) is 5.